The average molecular weight is 327 g/mol. The Balaban J connectivity index is 0.00000112. The van der Waals surface area contributed by atoms with Crippen LogP contribution in [0.1, 0.15) is 66.7 Å². The van der Waals surface area contributed by atoms with Crippen LogP contribution in [0.3, 0.4) is 0 Å². The maximum atomic E-state index is 12.3. The van der Waals surface area contributed by atoms with Gasteiger partial charge in [0.15, 0.2) is 0 Å². The number of piperidine rings is 2. The van der Waals surface area contributed by atoms with E-state index in [1.807, 2.05) is 32.6 Å². The zero-order valence-corrected chi connectivity index (χ0v) is 16.2. The normalized spacial score (nSPS) is 20.0. The van der Waals surface area contributed by atoms with Crippen molar-refractivity contribution < 1.29 is 9.59 Å². The summed E-state index contributed by atoms with van der Waals surface area (Å²) in [6.45, 7) is 13.4. The smallest absolute Gasteiger partial charge is 0.222 e. The Bertz CT molecular complexity index is 328. The van der Waals surface area contributed by atoms with Gasteiger partial charge in [-0.3, -0.25) is 9.59 Å². The van der Waals surface area contributed by atoms with Crippen molar-refractivity contribution in [3.05, 3.63) is 0 Å². The molecule has 2 aliphatic rings. The van der Waals surface area contributed by atoms with Crippen molar-refractivity contribution in [1.82, 2.24) is 9.80 Å². The highest BCUT2D eigenvalue weighted by Crippen LogP contribution is 2.23. The van der Waals surface area contributed by atoms with Gasteiger partial charge < -0.3 is 9.80 Å². The number of likely N-dealkylation sites (tertiary alicyclic amines) is 2. The Kier molecular flexibility index (Phi) is 12.0. The van der Waals surface area contributed by atoms with Crippen molar-refractivity contribution >= 4 is 11.7 Å². The first-order chi connectivity index (χ1) is 11.1. The summed E-state index contributed by atoms with van der Waals surface area (Å²) >= 11 is 0. The molecule has 0 aromatic heterocycles. The minimum Gasteiger partial charge on any atom is -0.343 e. The van der Waals surface area contributed by atoms with E-state index >= 15 is 0 Å². The largest absolute Gasteiger partial charge is 0.343 e. The summed E-state index contributed by atoms with van der Waals surface area (Å²) in [6.07, 6.45) is 4.71. The van der Waals surface area contributed by atoms with Crippen LogP contribution in [0.25, 0.3) is 0 Å². The number of amides is 1. The van der Waals surface area contributed by atoms with Gasteiger partial charge in [0.05, 0.1) is 0 Å². The fraction of sp³-hybridized carbons (Fsp3) is 0.895. The summed E-state index contributed by atoms with van der Waals surface area (Å²) in [5.74, 6) is 1.33. The number of rotatable bonds is 3. The van der Waals surface area contributed by atoms with E-state index in [0.717, 1.165) is 51.9 Å². The Morgan fingerprint density at radius 3 is 1.78 bits per heavy atom. The molecule has 0 N–H and O–H groups in total. The zero-order chi connectivity index (χ0) is 17.8. The van der Waals surface area contributed by atoms with Crippen LogP contribution in [0, 0.1) is 11.8 Å². The SMILES string of the molecule is CC.CC.CC(=O)C1CCN(C(=O)CC2CCN(C)CC2)CC1. The van der Waals surface area contributed by atoms with E-state index in [9.17, 15) is 9.59 Å². The molecule has 0 aliphatic carbocycles. The molecule has 0 unspecified atom stereocenters. The summed E-state index contributed by atoms with van der Waals surface area (Å²) in [7, 11) is 2.14. The molecule has 2 heterocycles. The molecular weight excluding hydrogens is 288 g/mol. The average Bonchev–Trinajstić information content (AvgIpc) is 2.60. The molecule has 0 saturated carbocycles. The van der Waals surface area contributed by atoms with Crippen LogP contribution < -0.4 is 0 Å². The Morgan fingerprint density at radius 1 is 0.870 bits per heavy atom. The number of Topliss-reactive ketones (excluding diaryl/α,β-unsaturated/α-hetero) is 1. The Morgan fingerprint density at radius 2 is 1.35 bits per heavy atom. The molecule has 0 aromatic carbocycles. The number of carbonyl (C=O) groups is 2. The van der Waals surface area contributed by atoms with Crippen molar-refractivity contribution in [2.75, 3.05) is 33.2 Å². The Labute approximate surface area is 143 Å². The van der Waals surface area contributed by atoms with Crippen LogP contribution in [-0.2, 0) is 9.59 Å². The molecule has 0 spiro atoms. The van der Waals surface area contributed by atoms with Gasteiger partial charge in [0, 0.05) is 25.4 Å². The highest BCUT2D eigenvalue weighted by molar-refractivity contribution is 5.79. The van der Waals surface area contributed by atoms with E-state index in [2.05, 4.69) is 11.9 Å². The number of carbonyl (C=O) groups excluding carboxylic acids is 2. The van der Waals surface area contributed by atoms with E-state index in [-0.39, 0.29) is 11.7 Å². The van der Waals surface area contributed by atoms with E-state index in [1.165, 1.54) is 0 Å². The number of hydrogen-bond donors (Lipinski definition) is 0. The van der Waals surface area contributed by atoms with Crippen molar-refractivity contribution in [3.63, 3.8) is 0 Å². The first-order valence-electron chi connectivity index (χ1n) is 9.53. The molecule has 0 bridgehead atoms. The third kappa shape index (κ3) is 7.96. The summed E-state index contributed by atoms with van der Waals surface area (Å²) < 4.78 is 0. The first kappa shape index (κ1) is 22.1. The second-order valence-corrected chi connectivity index (χ2v) is 6.22. The molecule has 0 radical (unpaired) electrons. The van der Waals surface area contributed by atoms with Crippen LogP contribution in [0.4, 0.5) is 0 Å². The molecule has 23 heavy (non-hydrogen) atoms. The standard InChI is InChI=1S/C15H26N2O2.2C2H6/c1-12(18)14-5-9-17(10-6-14)15(19)11-13-3-7-16(2)8-4-13;2*1-2/h13-14H,3-11H2,1-2H3;2*1-2H3. The summed E-state index contributed by atoms with van der Waals surface area (Å²) in [5, 5.41) is 0. The lowest BCUT2D eigenvalue weighted by molar-refractivity contribution is -0.135. The highest BCUT2D eigenvalue weighted by atomic mass is 16.2. The Hall–Kier alpha value is -0.900. The van der Waals surface area contributed by atoms with Gasteiger partial charge in [-0.15, -0.1) is 0 Å². The monoisotopic (exact) mass is 326 g/mol. The van der Waals surface area contributed by atoms with Gasteiger partial charge in [-0.25, -0.2) is 0 Å². The van der Waals surface area contributed by atoms with Gasteiger partial charge in [0.1, 0.15) is 5.78 Å². The lowest BCUT2D eigenvalue weighted by atomic mass is 9.91. The lowest BCUT2D eigenvalue weighted by Crippen LogP contribution is -2.41. The van der Waals surface area contributed by atoms with Gasteiger partial charge in [0.25, 0.3) is 0 Å². The van der Waals surface area contributed by atoms with Crippen LogP contribution in [0.5, 0.6) is 0 Å². The van der Waals surface area contributed by atoms with Crippen molar-refractivity contribution in [1.29, 1.82) is 0 Å². The molecular formula is C19H38N2O2. The number of ketones is 1. The lowest BCUT2D eigenvalue weighted by Gasteiger charge is -2.33. The highest BCUT2D eigenvalue weighted by Gasteiger charge is 2.27. The van der Waals surface area contributed by atoms with E-state index in [0.29, 0.717) is 18.2 Å². The van der Waals surface area contributed by atoms with Crippen molar-refractivity contribution in [3.8, 4) is 0 Å². The molecule has 2 fully saturated rings. The number of hydrogen-bond acceptors (Lipinski definition) is 3. The van der Waals surface area contributed by atoms with Gasteiger partial charge in [0.2, 0.25) is 5.91 Å². The van der Waals surface area contributed by atoms with E-state index in [4.69, 9.17) is 0 Å². The third-order valence-corrected chi connectivity index (χ3v) is 4.72. The minimum atomic E-state index is 0.187. The fourth-order valence-electron chi connectivity index (χ4n) is 3.18. The van der Waals surface area contributed by atoms with Gasteiger partial charge in [-0.05, 0) is 58.7 Å². The van der Waals surface area contributed by atoms with Gasteiger partial charge in [-0.1, -0.05) is 27.7 Å². The quantitative estimate of drug-likeness (QED) is 0.795. The molecule has 0 atom stereocenters. The predicted octanol–water partition coefficient (Wildman–Crippen LogP) is 3.60. The van der Waals surface area contributed by atoms with Crippen LogP contribution in [0.2, 0.25) is 0 Å². The molecule has 1 amide bonds. The molecule has 2 saturated heterocycles. The maximum Gasteiger partial charge on any atom is 0.222 e. The summed E-state index contributed by atoms with van der Waals surface area (Å²) in [4.78, 5) is 27.9. The van der Waals surface area contributed by atoms with Crippen LogP contribution in [-0.4, -0.2) is 54.7 Å². The molecule has 4 nitrogen and oxygen atoms in total. The molecule has 4 heteroatoms. The van der Waals surface area contributed by atoms with Crippen molar-refractivity contribution in [2.45, 2.75) is 66.7 Å². The zero-order valence-electron chi connectivity index (χ0n) is 16.2. The second kappa shape index (κ2) is 12.5. The maximum absolute atomic E-state index is 12.3. The second-order valence-electron chi connectivity index (χ2n) is 6.22. The molecule has 2 aliphatic heterocycles. The predicted molar refractivity (Wildman–Crippen MR) is 97.5 cm³/mol. The van der Waals surface area contributed by atoms with Gasteiger partial charge in [-0.2, -0.15) is 0 Å². The fourth-order valence-corrected chi connectivity index (χ4v) is 3.18. The topological polar surface area (TPSA) is 40.6 Å². The summed E-state index contributed by atoms with van der Waals surface area (Å²) in [6, 6.07) is 0. The van der Waals surface area contributed by atoms with E-state index < -0.39 is 0 Å². The van der Waals surface area contributed by atoms with Crippen LogP contribution in [0.15, 0.2) is 0 Å². The first-order valence-corrected chi connectivity index (χ1v) is 9.53. The van der Waals surface area contributed by atoms with Crippen molar-refractivity contribution in [2.24, 2.45) is 11.8 Å². The van der Waals surface area contributed by atoms with Crippen LogP contribution >= 0.6 is 0 Å². The van der Waals surface area contributed by atoms with Gasteiger partial charge >= 0.3 is 0 Å². The summed E-state index contributed by atoms with van der Waals surface area (Å²) in [5.41, 5.74) is 0. The molecule has 136 valence electrons. The molecule has 0 aromatic rings. The minimum absolute atomic E-state index is 0.187. The van der Waals surface area contributed by atoms with E-state index in [1.54, 1.807) is 6.92 Å². The third-order valence-electron chi connectivity index (χ3n) is 4.72. The number of nitrogens with zero attached hydrogens (tertiary/aromatic N) is 2. The molecule has 2 rings (SSSR count).